The van der Waals surface area contributed by atoms with Gasteiger partial charge in [-0.2, -0.15) is 0 Å². The second-order valence-electron chi connectivity index (χ2n) is 3.72. The Bertz CT molecular complexity index is 481. The summed E-state index contributed by atoms with van der Waals surface area (Å²) in [5.74, 6) is -0.0583. The van der Waals surface area contributed by atoms with Crippen LogP contribution in [0.1, 0.15) is 23.6 Å². The summed E-state index contributed by atoms with van der Waals surface area (Å²) in [5.41, 5.74) is 3.07. The molecule has 0 N–H and O–H groups in total. The van der Waals surface area contributed by atoms with Crippen LogP contribution in [0.25, 0.3) is 0 Å². The zero-order valence-electron chi connectivity index (χ0n) is 9.26. The average Bonchev–Trinajstić information content (AvgIpc) is 2.17. The largest absolute Gasteiger partial charge is 0.232 e. The van der Waals surface area contributed by atoms with Crippen molar-refractivity contribution in [3.63, 3.8) is 0 Å². The molecule has 0 aromatic heterocycles. The van der Waals surface area contributed by atoms with Gasteiger partial charge >= 0.3 is 0 Å². The van der Waals surface area contributed by atoms with Crippen molar-refractivity contribution in [2.45, 2.75) is 26.7 Å². The van der Waals surface area contributed by atoms with E-state index in [0.29, 0.717) is 11.4 Å². The first-order chi connectivity index (χ1) is 7.33. The van der Waals surface area contributed by atoms with E-state index in [2.05, 4.69) is 0 Å². The molecule has 0 aliphatic heterocycles. The first-order valence-electron chi connectivity index (χ1n) is 5.03. The molecular weight excluding hydrogens is 267 g/mol. The van der Waals surface area contributed by atoms with Crippen molar-refractivity contribution in [3.05, 3.63) is 33.8 Å². The van der Waals surface area contributed by atoms with Crippen molar-refractivity contribution in [2.24, 2.45) is 0 Å². The molecule has 16 heavy (non-hydrogen) atoms. The van der Waals surface area contributed by atoms with Gasteiger partial charge in [0, 0.05) is 15.7 Å². The highest BCUT2D eigenvalue weighted by molar-refractivity contribution is 8.13. The van der Waals surface area contributed by atoms with Crippen LogP contribution < -0.4 is 0 Å². The fraction of sp³-hybridized carbons (Fsp3) is 0.455. The smallest absolute Gasteiger partial charge is 0.212 e. The Kier molecular flexibility index (Phi) is 4.65. The van der Waals surface area contributed by atoms with Gasteiger partial charge in [-0.05, 0) is 42.5 Å². The third-order valence-electron chi connectivity index (χ3n) is 2.50. The summed E-state index contributed by atoms with van der Waals surface area (Å²) in [6.07, 6.45) is 1.27. The highest BCUT2D eigenvalue weighted by Gasteiger charge is 2.09. The van der Waals surface area contributed by atoms with Crippen molar-refractivity contribution in [2.75, 3.05) is 5.75 Å². The standard InChI is InChI=1S/C11H14Cl2O2S/c1-3-9-6-8(2)10(7-11(9)12)4-5-16(13,14)15/h6-7H,3-5H2,1-2H3. The number of rotatable bonds is 4. The quantitative estimate of drug-likeness (QED) is 0.793. The van der Waals surface area contributed by atoms with Gasteiger partial charge in [-0.1, -0.05) is 24.6 Å². The second kappa shape index (κ2) is 5.39. The van der Waals surface area contributed by atoms with Crippen LogP contribution in [0.15, 0.2) is 12.1 Å². The molecule has 0 fully saturated rings. The van der Waals surface area contributed by atoms with E-state index in [1.165, 1.54) is 0 Å². The number of hydrogen-bond donors (Lipinski definition) is 0. The van der Waals surface area contributed by atoms with Crippen LogP contribution in [0.2, 0.25) is 5.02 Å². The fourth-order valence-electron chi connectivity index (χ4n) is 1.55. The maximum atomic E-state index is 10.9. The summed E-state index contributed by atoms with van der Waals surface area (Å²) < 4.78 is 21.7. The maximum Gasteiger partial charge on any atom is 0.232 e. The Balaban J connectivity index is 2.94. The van der Waals surface area contributed by atoms with Crippen LogP contribution >= 0.6 is 22.3 Å². The maximum absolute atomic E-state index is 10.9. The first-order valence-corrected chi connectivity index (χ1v) is 7.89. The van der Waals surface area contributed by atoms with E-state index in [0.717, 1.165) is 23.1 Å². The lowest BCUT2D eigenvalue weighted by molar-refractivity contribution is 0.609. The molecule has 0 aliphatic rings. The molecule has 0 saturated carbocycles. The van der Waals surface area contributed by atoms with Gasteiger partial charge in [-0.25, -0.2) is 8.42 Å². The Hall–Kier alpha value is -0.250. The molecule has 0 atom stereocenters. The molecule has 0 amide bonds. The first kappa shape index (κ1) is 13.8. The molecule has 0 radical (unpaired) electrons. The van der Waals surface area contributed by atoms with E-state index < -0.39 is 9.05 Å². The minimum atomic E-state index is -3.44. The Morgan fingerprint density at radius 2 is 1.88 bits per heavy atom. The zero-order valence-corrected chi connectivity index (χ0v) is 11.6. The minimum absolute atomic E-state index is 0.0583. The molecule has 1 rings (SSSR count). The summed E-state index contributed by atoms with van der Waals surface area (Å²) in [5, 5.41) is 0.690. The van der Waals surface area contributed by atoms with Crippen LogP contribution in [0.5, 0.6) is 0 Å². The number of aryl methyl sites for hydroxylation is 3. The van der Waals surface area contributed by atoms with Crippen molar-refractivity contribution in [1.82, 2.24) is 0 Å². The number of benzene rings is 1. The normalized spacial score (nSPS) is 11.8. The summed E-state index contributed by atoms with van der Waals surface area (Å²) in [7, 11) is 1.73. The highest BCUT2D eigenvalue weighted by Crippen LogP contribution is 2.22. The third-order valence-corrected chi connectivity index (χ3v) is 4.01. The van der Waals surface area contributed by atoms with Crippen LogP contribution in [0, 0.1) is 6.92 Å². The molecule has 5 heteroatoms. The molecule has 0 unspecified atom stereocenters. The van der Waals surface area contributed by atoms with Crippen LogP contribution in [0.3, 0.4) is 0 Å². The van der Waals surface area contributed by atoms with Crippen molar-refractivity contribution in [3.8, 4) is 0 Å². The summed E-state index contributed by atoms with van der Waals surface area (Å²) >= 11 is 6.07. The molecule has 1 aromatic carbocycles. The van der Waals surface area contributed by atoms with Gasteiger partial charge in [0.1, 0.15) is 0 Å². The molecule has 90 valence electrons. The summed E-state index contributed by atoms with van der Waals surface area (Å²) in [6.45, 7) is 3.98. The molecular formula is C11H14Cl2O2S. The van der Waals surface area contributed by atoms with E-state index in [1.54, 1.807) is 0 Å². The summed E-state index contributed by atoms with van der Waals surface area (Å²) in [6, 6.07) is 3.83. The minimum Gasteiger partial charge on any atom is -0.212 e. The lowest BCUT2D eigenvalue weighted by Gasteiger charge is -2.09. The lowest BCUT2D eigenvalue weighted by atomic mass is 10.0. The van der Waals surface area contributed by atoms with Gasteiger partial charge in [0.2, 0.25) is 9.05 Å². The van der Waals surface area contributed by atoms with Gasteiger partial charge in [0.05, 0.1) is 5.75 Å². The molecule has 0 heterocycles. The van der Waals surface area contributed by atoms with Gasteiger partial charge in [-0.3, -0.25) is 0 Å². The molecule has 2 nitrogen and oxygen atoms in total. The third kappa shape index (κ3) is 3.96. The predicted molar refractivity (Wildman–Crippen MR) is 68.9 cm³/mol. The molecule has 0 spiro atoms. The van der Waals surface area contributed by atoms with E-state index >= 15 is 0 Å². The van der Waals surface area contributed by atoms with Crippen LogP contribution in [-0.2, 0) is 21.9 Å². The fourth-order valence-corrected chi connectivity index (χ4v) is 2.57. The van der Waals surface area contributed by atoms with E-state index in [1.807, 2.05) is 26.0 Å². The van der Waals surface area contributed by atoms with Gasteiger partial charge in [0.25, 0.3) is 0 Å². The van der Waals surface area contributed by atoms with Crippen molar-refractivity contribution >= 4 is 31.3 Å². The Morgan fingerprint density at radius 1 is 1.25 bits per heavy atom. The Labute approximate surface area is 106 Å². The van der Waals surface area contributed by atoms with Crippen LogP contribution in [0.4, 0.5) is 0 Å². The second-order valence-corrected chi connectivity index (χ2v) is 7.02. The van der Waals surface area contributed by atoms with Crippen molar-refractivity contribution in [1.29, 1.82) is 0 Å². The monoisotopic (exact) mass is 280 g/mol. The number of halogens is 2. The van der Waals surface area contributed by atoms with Crippen molar-refractivity contribution < 1.29 is 8.42 Å². The Morgan fingerprint density at radius 3 is 2.38 bits per heavy atom. The zero-order chi connectivity index (χ0) is 12.3. The average molecular weight is 281 g/mol. The molecule has 0 aliphatic carbocycles. The summed E-state index contributed by atoms with van der Waals surface area (Å²) in [4.78, 5) is 0. The SMILES string of the molecule is CCc1cc(C)c(CCS(=O)(=O)Cl)cc1Cl. The predicted octanol–water partition coefficient (Wildman–Crippen LogP) is 3.32. The topological polar surface area (TPSA) is 34.1 Å². The van der Waals surface area contributed by atoms with Gasteiger partial charge in [-0.15, -0.1) is 0 Å². The number of hydrogen-bond acceptors (Lipinski definition) is 2. The van der Waals surface area contributed by atoms with Crippen LogP contribution in [-0.4, -0.2) is 14.2 Å². The van der Waals surface area contributed by atoms with Gasteiger partial charge in [0.15, 0.2) is 0 Å². The van der Waals surface area contributed by atoms with E-state index in [4.69, 9.17) is 22.3 Å². The molecule has 1 aromatic rings. The van der Waals surface area contributed by atoms with E-state index in [-0.39, 0.29) is 5.75 Å². The van der Waals surface area contributed by atoms with E-state index in [9.17, 15) is 8.42 Å². The van der Waals surface area contributed by atoms with Gasteiger partial charge < -0.3 is 0 Å². The highest BCUT2D eigenvalue weighted by atomic mass is 35.7. The molecule has 0 bridgehead atoms. The molecule has 0 saturated heterocycles. The lowest BCUT2D eigenvalue weighted by Crippen LogP contribution is -2.03.